The van der Waals surface area contributed by atoms with Crippen molar-refractivity contribution in [3.05, 3.63) is 28.8 Å². The number of rotatable bonds is 3. The summed E-state index contributed by atoms with van der Waals surface area (Å²) in [7, 11) is 0. The lowest BCUT2D eigenvalue weighted by Crippen LogP contribution is -2.22. The number of benzene rings is 1. The van der Waals surface area contributed by atoms with Gasteiger partial charge in [0.1, 0.15) is 12.4 Å². The van der Waals surface area contributed by atoms with Crippen LogP contribution in [0.4, 0.5) is 0 Å². The Balaban J connectivity index is 3.57. The van der Waals surface area contributed by atoms with Crippen LogP contribution in [0.2, 0.25) is 0 Å². The van der Waals surface area contributed by atoms with Gasteiger partial charge in [-0.05, 0) is 28.5 Å². The Labute approximate surface area is 139 Å². The van der Waals surface area contributed by atoms with E-state index >= 15 is 0 Å². The van der Waals surface area contributed by atoms with Crippen LogP contribution in [-0.2, 0) is 31.8 Å². The van der Waals surface area contributed by atoms with Gasteiger partial charge in [-0.15, -0.1) is 0 Å². The van der Waals surface area contributed by atoms with Crippen LogP contribution in [0.3, 0.4) is 0 Å². The van der Waals surface area contributed by atoms with Gasteiger partial charge >= 0.3 is 11.9 Å². The molecule has 0 saturated carbocycles. The van der Waals surface area contributed by atoms with E-state index in [4.69, 9.17) is 9.47 Å². The maximum absolute atomic E-state index is 11.6. The molecule has 128 valence electrons. The van der Waals surface area contributed by atoms with Crippen molar-refractivity contribution < 1.29 is 19.1 Å². The summed E-state index contributed by atoms with van der Waals surface area (Å²) in [5.74, 6) is -0.0403. The summed E-state index contributed by atoms with van der Waals surface area (Å²) in [6, 6.07) is 3.91. The molecule has 1 rings (SSSR count). The molecule has 0 unspecified atom stereocenters. The second kappa shape index (κ2) is 6.73. The lowest BCUT2D eigenvalue weighted by Gasteiger charge is -2.30. The van der Waals surface area contributed by atoms with Gasteiger partial charge in [-0.25, -0.2) is 0 Å². The van der Waals surface area contributed by atoms with Crippen LogP contribution >= 0.6 is 0 Å². The number of hydrogen-bond donors (Lipinski definition) is 0. The topological polar surface area (TPSA) is 52.6 Å². The van der Waals surface area contributed by atoms with Crippen molar-refractivity contribution in [2.24, 2.45) is 0 Å². The third kappa shape index (κ3) is 5.38. The second-order valence-electron chi connectivity index (χ2n) is 7.89. The number of carbonyl (C=O) groups is 2. The molecular weight excluding hydrogens is 292 g/mol. The number of carbonyl (C=O) groups excluding carboxylic acids is 2. The van der Waals surface area contributed by atoms with Crippen LogP contribution in [0.5, 0.6) is 5.75 Å². The third-order valence-electron chi connectivity index (χ3n) is 3.45. The normalized spacial score (nSPS) is 12.0. The first-order valence-corrected chi connectivity index (χ1v) is 7.82. The Hall–Kier alpha value is -1.84. The molecule has 0 aliphatic rings. The van der Waals surface area contributed by atoms with Gasteiger partial charge in [0.2, 0.25) is 0 Å². The van der Waals surface area contributed by atoms with Gasteiger partial charge in [0, 0.05) is 25.0 Å². The molecule has 0 radical (unpaired) electrons. The second-order valence-corrected chi connectivity index (χ2v) is 7.89. The van der Waals surface area contributed by atoms with E-state index in [1.165, 1.54) is 13.8 Å². The monoisotopic (exact) mass is 320 g/mol. The van der Waals surface area contributed by atoms with E-state index in [9.17, 15) is 9.59 Å². The van der Waals surface area contributed by atoms with Crippen molar-refractivity contribution in [3.63, 3.8) is 0 Å². The Morgan fingerprint density at radius 2 is 1.30 bits per heavy atom. The summed E-state index contributed by atoms with van der Waals surface area (Å²) < 4.78 is 10.7. The lowest BCUT2D eigenvalue weighted by atomic mass is 9.78. The van der Waals surface area contributed by atoms with Crippen molar-refractivity contribution in [2.45, 2.75) is 72.8 Å². The highest BCUT2D eigenvalue weighted by Crippen LogP contribution is 2.41. The smallest absolute Gasteiger partial charge is 0.308 e. The molecule has 1 aromatic carbocycles. The van der Waals surface area contributed by atoms with Gasteiger partial charge < -0.3 is 9.47 Å². The summed E-state index contributed by atoms with van der Waals surface area (Å²) in [4.78, 5) is 22.7. The Bertz CT molecular complexity index is 566. The number of hydrogen-bond acceptors (Lipinski definition) is 4. The van der Waals surface area contributed by atoms with Crippen molar-refractivity contribution in [1.82, 2.24) is 0 Å². The molecule has 1 aromatic rings. The fraction of sp³-hybridized carbons (Fsp3) is 0.579. The average Bonchev–Trinajstić information content (AvgIpc) is 2.33. The zero-order valence-corrected chi connectivity index (χ0v) is 15.5. The molecule has 0 aliphatic carbocycles. The van der Waals surface area contributed by atoms with E-state index in [-0.39, 0.29) is 29.4 Å². The minimum Gasteiger partial charge on any atom is -0.461 e. The molecule has 0 aliphatic heterocycles. The average molecular weight is 320 g/mol. The first-order valence-electron chi connectivity index (χ1n) is 7.82. The van der Waals surface area contributed by atoms with E-state index in [0.29, 0.717) is 5.75 Å². The maximum Gasteiger partial charge on any atom is 0.308 e. The van der Waals surface area contributed by atoms with E-state index in [0.717, 1.165) is 16.7 Å². The zero-order valence-electron chi connectivity index (χ0n) is 15.5. The molecule has 0 spiro atoms. The van der Waals surface area contributed by atoms with Gasteiger partial charge in [0.05, 0.1) is 0 Å². The third-order valence-corrected chi connectivity index (χ3v) is 3.45. The molecular formula is C19H28O4. The molecule has 0 bridgehead atoms. The Morgan fingerprint density at radius 3 is 1.61 bits per heavy atom. The minimum absolute atomic E-state index is 0.210. The van der Waals surface area contributed by atoms with Crippen LogP contribution in [0.25, 0.3) is 0 Å². The van der Waals surface area contributed by atoms with Crippen molar-refractivity contribution >= 4 is 11.9 Å². The van der Waals surface area contributed by atoms with Crippen molar-refractivity contribution in [2.75, 3.05) is 0 Å². The highest BCUT2D eigenvalue weighted by molar-refractivity contribution is 5.71. The van der Waals surface area contributed by atoms with Crippen LogP contribution in [-0.4, -0.2) is 11.9 Å². The highest BCUT2D eigenvalue weighted by atomic mass is 16.5. The quantitative estimate of drug-likeness (QED) is 0.616. The first kappa shape index (κ1) is 19.2. The van der Waals surface area contributed by atoms with Gasteiger partial charge in [-0.1, -0.05) is 41.5 Å². The van der Waals surface area contributed by atoms with Gasteiger partial charge in [0.25, 0.3) is 0 Å². The summed E-state index contributed by atoms with van der Waals surface area (Å²) in [6.07, 6.45) is 0. The van der Waals surface area contributed by atoms with E-state index in [1.807, 2.05) is 12.1 Å². The predicted octanol–water partition coefficient (Wildman–Crippen LogP) is 4.27. The molecule has 0 fully saturated rings. The fourth-order valence-electron chi connectivity index (χ4n) is 2.32. The molecule has 0 aromatic heterocycles. The predicted molar refractivity (Wildman–Crippen MR) is 90.6 cm³/mol. The van der Waals surface area contributed by atoms with Crippen LogP contribution in [0, 0.1) is 0 Å². The van der Waals surface area contributed by atoms with Gasteiger partial charge in [-0.2, -0.15) is 0 Å². The zero-order chi connectivity index (χ0) is 18.0. The van der Waals surface area contributed by atoms with Crippen LogP contribution in [0.15, 0.2) is 12.1 Å². The van der Waals surface area contributed by atoms with Gasteiger partial charge in [-0.3, -0.25) is 9.59 Å². The molecule has 0 heterocycles. The van der Waals surface area contributed by atoms with Gasteiger partial charge in [0.15, 0.2) is 0 Å². The van der Waals surface area contributed by atoms with E-state index in [1.54, 1.807) is 0 Å². The SMILES string of the molecule is CC(=O)OCc1cc(C(C)(C)C)c(OC(C)=O)c(C(C)(C)C)c1. The fourth-order valence-corrected chi connectivity index (χ4v) is 2.32. The summed E-state index contributed by atoms with van der Waals surface area (Å²) in [5, 5.41) is 0. The minimum atomic E-state index is -0.339. The first-order chi connectivity index (χ1) is 10.3. The van der Waals surface area contributed by atoms with Crippen LogP contribution in [0.1, 0.15) is 72.1 Å². The molecule has 23 heavy (non-hydrogen) atoms. The standard InChI is InChI=1S/C19H28O4/c1-12(20)22-11-14-9-15(18(3,4)5)17(23-13(2)21)16(10-14)19(6,7)8/h9-10H,11H2,1-8H3. The summed E-state index contributed by atoms with van der Waals surface area (Å²) in [5.41, 5.74) is 2.34. The van der Waals surface area contributed by atoms with E-state index in [2.05, 4.69) is 41.5 Å². The number of esters is 2. The molecule has 0 N–H and O–H groups in total. The highest BCUT2D eigenvalue weighted by Gasteiger charge is 2.28. The summed E-state index contributed by atoms with van der Waals surface area (Å²) in [6.45, 7) is 15.4. The summed E-state index contributed by atoms with van der Waals surface area (Å²) >= 11 is 0. The Morgan fingerprint density at radius 1 is 0.870 bits per heavy atom. The van der Waals surface area contributed by atoms with Crippen LogP contribution < -0.4 is 4.74 Å². The maximum atomic E-state index is 11.6. The van der Waals surface area contributed by atoms with Crippen molar-refractivity contribution in [3.8, 4) is 5.75 Å². The molecule has 0 saturated heterocycles. The van der Waals surface area contributed by atoms with Crippen molar-refractivity contribution in [1.29, 1.82) is 0 Å². The number of ether oxygens (including phenoxy) is 2. The molecule has 0 amide bonds. The largest absolute Gasteiger partial charge is 0.461 e. The lowest BCUT2D eigenvalue weighted by molar-refractivity contribution is -0.142. The van der Waals surface area contributed by atoms with E-state index < -0.39 is 0 Å². The molecule has 4 heteroatoms. The Kier molecular flexibility index (Phi) is 5.62. The molecule has 0 atom stereocenters. The molecule has 4 nitrogen and oxygen atoms in total.